The van der Waals surface area contributed by atoms with Crippen LogP contribution >= 0.6 is 0 Å². The molecule has 0 spiro atoms. The van der Waals surface area contributed by atoms with Crippen molar-refractivity contribution < 1.29 is 21.6 Å². The summed E-state index contributed by atoms with van der Waals surface area (Å²) in [6.07, 6.45) is -1.07. The average Bonchev–Trinajstić information content (AvgIpc) is 2.69. The van der Waals surface area contributed by atoms with Gasteiger partial charge in [-0.05, 0) is 50.9 Å². The van der Waals surface area contributed by atoms with E-state index in [9.17, 15) is 21.6 Å². The Morgan fingerprint density at radius 2 is 1.78 bits per heavy atom. The van der Waals surface area contributed by atoms with Crippen LogP contribution in [0.3, 0.4) is 0 Å². The van der Waals surface area contributed by atoms with Crippen molar-refractivity contribution in [3.8, 4) is 0 Å². The molecule has 2 saturated heterocycles. The molecular weight excluding hydrogens is 329 g/mol. The van der Waals surface area contributed by atoms with Crippen LogP contribution in [-0.4, -0.2) is 38.5 Å². The van der Waals surface area contributed by atoms with Gasteiger partial charge in [-0.25, -0.2) is 13.1 Å². The highest BCUT2D eigenvalue weighted by atomic mass is 32.2. The molecule has 0 radical (unpaired) electrons. The number of benzene rings is 1. The highest BCUT2D eigenvalue weighted by molar-refractivity contribution is 7.89. The first-order valence-electron chi connectivity index (χ1n) is 7.58. The van der Waals surface area contributed by atoms with Gasteiger partial charge in [0.25, 0.3) is 0 Å². The molecule has 1 aromatic carbocycles. The number of rotatable bonds is 3. The molecule has 2 heterocycles. The van der Waals surface area contributed by atoms with Gasteiger partial charge in [0.1, 0.15) is 0 Å². The molecule has 0 aromatic heterocycles. The molecule has 1 N–H and O–H groups in total. The molecular formula is C15H19F3N2O2S. The van der Waals surface area contributed by atoms with E-state index in [2.05, 4.69) is 9.62 Å². The van der Waals surface area contributed by atoms with Gasteiger partial charge in [-0.2, -0.15) is 13.2 Å². The lowest BCUT2D eigenvalue weighted by molar-refractivity contribution is -0.137. The van der Waals surface area contributed by atoms with E-state index in [1.165, 1.54) is 6.07 Å². The van der Waals surface area contributed by atoms with Crippen molar-refractivity contribution in [3.63, 3.8) is 0 Å². The quantitative estimate of drug-likeness (QED) is 0.914. The van der Waals surface area contributed by atoms with Crippen LogP contribution in [0.1, 0.15) is 31.2 Å². The fraction of sp³-hybridized carbons (Fsp3) is 0.600. The average molecular weight is 348 g/mol. The summed E-state index contributed by atoms with van der Waals surface area (Å²) in [5.41, 5.74) is -0.955. The largest absolute Gasteiger partial charge is 0.416 e. The van der Waals surface area contributed by atoms with E-state index >= 15 is 0 Å². The summed E-state index contributed by atoms with van der Waals surface area (Å²) < 4.78 is 65.6. The van der Waals surface area contributed by atoms with Crippen LogP contribution in [0.4, 0.5) is 13.2 Å². The van der Waals surface area contributed by atoms with Crippen molar-refractivity contribution in [3.05, 3.63) is 29.8 Å². The predicted molar refractivity (Wildman–Crippen MR) is 79.4 cm³/mol. The molecule has 0 amide bonds. The van der Waals surface area contributed by atoms with Gasteiger partial charge in [0, 0.05) is 18.1 Å². The van der Waals surface area contributed by atoms with Gasteiger partial charge in [-0.1, -0.05) is 6.07 Å². The van der Waals surface area contributed by atoms with E-state index in [1.54, 1.807) is 0 Å². The van der Waals surface area contributed by atoms with Crippen LogP contribution < -0.4 is 4.72 Å². The first-order chi connectivity index (χ1) is 10.7. The lowest BCUT2D eigenvalue weighted by atomic mass is 9.99. The Labute approximate surface area is 133 Å². The summed E-state index contributed by atoms with van der Waals surface area (Å²) in [4.78, 5) is 1.94. The minimum absolute atomic E-state index is 0.219. The Morgan fingerprint density at radius 3 is 2.35 bits per heavy atom. The number of halogens is 3. The van der Waals surface area contributed by atoms with Crippen molar-refractivity contribution in [1.29, 1.82) is 0 Å². The fourth-order valence-electron chi connectivity index (χ4n) is 3.63. The van der Waals surface area contributed by atoms with Gasteiger partial charge in [-0.3, -0.25) is 0 Å². The van der Waals surface area contributed by atoms with E-state index in [0.717, 1.165) is 25.0 Å². The summed E-state index contributed by atoms with van der Waals surface area (Å²) in [5, 5.41) is 0. The number of nitrogens with one attached hydrogen (secondary N) is 1. The summed E-state index contributed by atoms with van der Waals surface area (Å²) in [7, 11) is -1.91. The maximum atomic E-state index is 12.7. The Kier molecular flexibility index (Phi) is 4.18. The Bertz CT molecular complexity index is 676. The number of piperidine rings is 1. The minimum Gasteiger partial charge on any atom is -0.300 e. The molecule has 2 aliphatic heterocycles. The van der Waals surface area contributed by atoms with Gasteiger partial charge in [-0.15, -0.1) is 0 Å². The predicted octanol–water partition coefficient (Wildman–Crippen LogP) is 2.61. The summed E-state index contributed by atoms with van der Waals surface area (Å²) in [5.74, 6) is 0. The van der Waals surface area contributed by atoms with E-state index in [-0.39, 0.29) is 10.9 Å². The zero-order valence-electron chi connectivity index (χ0n) is 12.7. The summed E-state index contributed by atoms with van der Waals surface area (Å²) in [6, 6.07) is 4.35. The molecule has 23 heavy (non-hydrogen) atoms. The van der Waals surface area contributed by atoms with E-state index in [0.29, 0.717) is 31.0 Å². The molecule has 1 aromatic rings. The molecule has 2 bridgehead atoms. The Hall–Kier alpha value is -1.12. The normalized spacial score (nSPS) is 29.0. The van der Waals surface area contributed by atoms with Gasteiger partial charge >= 0.3 is 6.18 Å². The first kappa shape index (κ1) is 16.7. The van der Waals surface area contributed by atoms with Gasteiger partial charge < -0.3 is 4.90 Å². The fourth-order valence-corrected chi connectivity index (χ4v) is 4.94. The molecule has 2 aliphatic rings. The van der Waals surface area contributed by atoms with Crippen LogP contribution in [-0.2, 0) is 16.2 Å². The zero-order valence-corrected chi connectivity index (χ0v) is 13.5. The van der Waals surface area contributed by atoms with Crippen molar-refractivity contribution in [1.82, 2.24) is 9.62 Å². The van der Waals surface area contributed by atoms with Crippen molar-refractivity contribution in [2.45, 2.75) is 54.9 Å². The Morgan fingerprint density at radius 1 is 1.17 bits per heavy atom. The van der Waals surface area contributed by atoms with Crippen LogP contribution in [0.2, 0.25) is 0 Å². The second-order valence-electron chi connectivity index (χ2n) is 6.37. The molecule has 2 fully saturated rings. The lowest BCUT2D eigenvalue weighted by Crippen LogP contribution is -2.48. The number of hydrogen-bond donors (Lipinski definition) is 1. The first-order valence-corrected chi connectivity index (χ1v) is 9.06. The number of alkyl halides is 3. The van der Waals surface area contributed by atoms with E-state index in [1.807, 2.05) is 7.05 Å². The third kappa shape index (κ3) is 3.39. The topological polar surface area (TPSA) is 49.4 Å². The summed E-state index contributed by atoms with van der Waals surface area (Å²) in [6.45, 7) is 0. The van der Waals surface area contributed by atoms with Crippen LogP contribution in [0, 0.1) is 0 Å². The highest BCUT2D eigenvalue weighted by Gasteiger charge is 2.40. The second-order valence-corrected chi connectivity index (χ2v) is 8.08. The maximum absolute atomic E-state index is 12.7. The van der Waals surface area contributed by atoms with Crippen molar-refractivity contribution in [2.24, 2.45) is 0 Å². The smallest absolute Gasteiger partial charge is 0.300 e. The highest BCUT2D eigenvalue weighted by Crippen LogP contribution is 2.35. The van der Waals surface area contributed by atoms with Gasteiger partial charge in [0.15, 0.2) is 0 Å². The van der Waals surface area contributed by atoms with Crippen LogP contribution in [0.25, 0.3) is 0 Å². The maximum Gasteiger partial charge on any atom is 0.416 e. The monoisotopic (exact) mass is 348 g/mol. The van der Waals surface area contributed by atoms with Crippen LogP contribution in [0.15, 0.2) is 29.2 Å². The molecule has 128 valence electrons. The second kappa shape index (κ2) is 5.75. The zero-order chi connectivity index (χ0) is 16.8. The van der Waals surface area contributed by atoms with E-state index in [4.69, 9.17) is 0 Å². The molecule has 0 saturated carbocycles. The van der Waals surface area contributed by atoms with Gasteiger partial charge in [0.05, 0.1) is 10.5 Å². The van der Waals surface area contributed by atoms with Crippen LogP contribution in [0.5, 0.6) is 0 Å². The standard InChI is InChI=1S/C15H19F3N2O2S/c1-20-12-5-6-13(20)9-11(8-12)19-23(21,22)14-4-2-3-10(7-14)15(16,17)18/h2-4,7,11-13,19H,5-6,8-9H2,1H3/t12-,13-/m0/s1. The third-order valence-electron chi connectivity index (χ3n) is 4.89. The lowest BCUT2D eigenvalue weighted by Gasteiger charge is -2.36. The molecule has 3 rings (SSSR count). The number of hydrogen-bond acceptors (Lipinski definition) is 3. The number of sulfonamides is 1. The summed E-state index contributed by atoms with van der Waals surface area (Å²) >= 11 is 0. The van der Waals surface area contributed by atoms with Gasteiger partial charge in [0.2, 0.25) is 10.0 Å². The molecule has 2 atom stereocenters. The molecule has 4 nitrogen and oxygen atoms in total. The Balaban J connectivity index is 1.78. The molecule has 8 heteroatoms. The number of nitrogens with zero attached hydrogens (tertiary/aromatic N) is 1. The SMILES string of the molecule is CN1[C@H]2CC[C@H]1CC(NS(=O)(=O)c1cccc(C(F)(F)F)c1)C2. The van der Waals surface area contributed by atoms with Crippen molar-refractivity contribution >= 4 is 10.0 Å². The van der Waals surface area contributed by atoms with Crippen molar-refractivity contribution in [2.75, 3.05) is 7.05 Å². The number of fused-ring (bicyclic) bond motifs is 2. The third-order valence-corrected chi connectivity index (χ3v) is 6.41. The molecule has 0 unspecified atom stereocenters. The molecule has 0 aliphatic carbocycles. The minimum atomic E-state index is -4.56. The van der Waals surface area contributed by atoms with E-state index < -0.39 is 21.8 Å².